The lowest BCUT2D eigenvalue weighted by molar-refractivity contribution is 0.185. The maximum atomic E-state index is 4.80. The lowest BCUT2D eigenvalue weighted by atomic mass is 9.97. The molecule has 140 valence electrons. The molecule has 0 aromatic heterocycles. The molecule has 4 heteroatoms. The molecular formula is C21H36N4. The highest BCUT2D eigenvalue weighted by atomic mass is 15.2. The molecule has 1 fully saturated rings. The van der Waals surface area contributed by atoms with Crippen LogP contribution in [-0.4, -0.2) is 50.1 Å². The average molecular weight is 345 g/mol. The normalized spacial score (nSPS) is 18.1. The van der Waals surface area contributed by atoms with E-state index in [9.17, 15) is 0 Å². The molecule has 1 aromatic carbocycles. The van der Waals surface area contributed by atoms with Gasteiger partial charge in [0.2, 0.25) is 0 Å². The second kappa shape index (κ2) is 11.1. The zero-order valence-corrected chi connectivity index (χ0v) is 16.3. The smallest absolute Gasteiger partial charge is 0.191 e. The summed E-state index contributed by atoms with van der Waals surface area (Å²) in [6.07, 6.45) is 3.86. The van der Waals surface area contributed by atoms with E-state index in [1.165, 1.54) is 44.5 Å². The number of hydrogen-bond acceptors (Lipinski definition) is 2. The Morgan fingerprint density at radius 2 is 1.88 bits per heavy atom. The third kappa shape index (κ3) is 7.07. The van der Waals surface area contributed by atoms with E-state index in [4.69, 9.17) is 4.99 Å². The second-order valence-corrected chi connectivity index (χ2v) is 7.20. The van der Waals surface area contributed by atoms with E-state index in [-0.39, 0.29) is 0 Å². The number of hydrogen-bond donors (Lipinski definition) is 2. The predicted molar refractivity (Wildman–Crippen MR) is 108 cm³/mol. The highest BCUT2D eigenvalue weighted by molar-refractivity contribution is 5.79. The number of nitrogens with zero attached hydrogens (tertiary/aromatic N) is 2. The third-order valence-corrected chi connectivity index (χ3v) is 5.04. The van der Waals surface area contributed by atoms with Crippen LogP contribution in [0.25, 0.3) is 0 Å². The van der Waals surface area contributed by atoms with Gasteiger partial charge in [-0.2, -0.15) is 0 Å². The summed E-state index contributed by atoms with van der Waals surface area (Å²) in [5, 5.41) is 6.95. The summed E-state index contributed by atoms with van der Waals surface area (Å²) >= 11 is 0. The van der Waals surface area contributed by atoms with Gasteiger partial charge in [-0.05, 0) is 57.3 Å². The first-order valence-corrected chi connectivity index (χ1v) is 10.0. The van der Waals surface area contributed by atoms with Crippen molar-refractivity contribution in [1.82, 2.24) is 15.5 Å². The molecule has 0 spiro atoms. The quantitative estimate of drug-likeness (QED) is 0.560. The van der Waals surface area contributed by atoms with Gasteiger partial charge in [-0.15, -0.1) is 0 Å². The molecule has 1 aliphatic rings. The highest BCUT2D eigenvalue weighted by Crippen LogP contribution is 2.17. The van der Waals surface area contributed by atoms with Gasteiger partial charge >= 0.3 is 0 Å². The van der Waals surface area contributed by atoms with Crippen LogP contribution in [0.15, 0.2) is 35.3 Å². The molecule has 1 atom stereocenters. The number of piperidine rings is 1. The molecule has 1 heterocycles. The summed E-state index contributed by atoms with van der Waals surface area (Å²) in [6.45, 7) is 13.1. The Bertz CT molecular complexity index is 492. The molecule has 25 heavy (non-hydrogen) atoms. The van der Waals surface area contributed by atoms with Gasteiger partial charge in [-0.3, -0.25) is 4.99 Å². The van der Waals surface area contributed by atoms with Crippen molar-refractivity contribution in [3.63, 3.8) is 0 Å². The van der Waals surface area contributed by atoms with E-state index >= 15 is 0 Å². The van der Waals surface area contributed by atoms with Crippen molar-refractivity contribution in [3.8, 4) is 0 Å². The van der Waals surface area contributed by atoms with Gasteiger partial charge in [0, 0.05) is 25.6 Å². The molecule has 0 aliphatic carbocycles. The van der Waals surface area contributed by atoms with Crippen LogP contribution in [0.4, 0.5) is 0 Å². The topological polar surface area (TPSA) is 39.7 Å². The molecular weight excluding hydrogens is 308 g/mol. The summed E-state index contributed by atoms with van der Waals surface area (Å²) in [4.78, 5) is 7.40. The first-order valence-electron chi connectivity index (χ1n) is 10.0. The van der Waals surface area contributed by atoms with Crippen LogP contribution in [0.2, 0.25) is 0 Å². The van der Waals surface area contributed by atoms with Gasteiger partial charge in [0.1, 0.15) is 0 Å². The van der Waals surface area contributed by atoms with E-state index in [0.717, 1.165) is 31.5 Å². The molecule has 0 radical (unpaired) electrons. The largest absolute Gasteiger partial charge is 0.357 e. The summed E-state index contributed by atoms with van der Waals surface area (Å²) in [6, 6.07) is 10.6. The van der Waals surface area contributed by atoms with Gasteiger partial charge in [-0.25, -0.2) is 0 Å². The monoisotopic (exact) mass is 344 g/mol. The number of guanidine groups is 1. The van der Waals surface area contributed by atoms with Crippen molar-refractivity contribution in [2.24, 2.45) is 10.9 Å². The van der Waals surface area contributed by atoms with Crippen molar-refractivity contribution in [2.45, 2.75) is 46.0 Å². The Balaban J connectivity index is 1.78. The fourth-order valence-electron chi connectivity index (χ4n) is 3.43. The van der Waals surface area contributed by atoms with Gasteiger partial charge < -0.3 is 15.5 Å². The maximum Gasteiger partial charge on any atom is 0.191 e. The van der Waals surface area contributed by atoms with Crippen LogP contribution >= 0.6 is 0 Å². The summed E-state index contributed by atoms with van der Waals surface area (Å²) < 4.78 is 0. The zero-order chi connectivity index (χ0) is 17.9. The van der Waals surface area contributed by atoms with Crippen molar-refractivity contribution in [2.75, 3.05) is 39.3 Å². The number of benzene rings is 1. The molecule has 0 amide bonds. The molecule has 4 nitrogen and oxygen atoms in total. The number of likely N-dealkylation sites (tertiary alicyclic amines) is 1. The first-order chi connectivity index (χ1) is 12.2. The van der Waals surface area contributed by atoms with E-state index < -0.39 is 0 Å². The Morgan fingerprint density at radius 3 is 2.52 bits per heavy atom. The van der Waals surface area contributed by atoms with Gasteiger partial charge in [0.05, 0.1) is 0 Å². The maximum absolute atomic E-state index is 4.80. The Labute approximate surface area is 154 Å². The minimum absolute atomic E-state index is 0.439. The van der Waals surface area contributed by atoms with E-state index in [2.05, 4.69) is 66.6 Å². The van der Waals surface area contributed by atoms with E-state index in [1.807, 2.05) is 0 Å². The van der Waals surface area contributed by atoms with Crippen molar-refractivity contribution in [1.29, 1.82) is 0 Å². The summed E-state index contributed by atoms with van der Waals surface area (Å²) in [5.74, 6) is 2.17. The van der Waals surface area contributed by atoms with Gasteiger partial charge in [0.25, 0.3) is 0 Å². The fraction of sp³-hybridized carbons (Fsp3) is 0.667. The number of aliphatic imine (C=N–C) groups is 1. The van der Waals surface area contributed by atoms with Crippen molar-refractivity contribution < 1.29 is 0 Å². The summed E-state index contributed by atoms with van der Waals surface area (Å²) in [7, 11) is 0. The van der Waals surface area contributed by atoms with Crippen molar-refractivity contribution >= 4 is 5.96 Å². The second-order valence-electron chi connectivity index (χ2n) is 7.20. The molecule has 1 aromatic rings. The van der Waals surface area contributed by atoms with Crippen LogP contribution in [0.1, 0.15) is 51.5 Å². The van der Waals surface area contributed by atoms with Crippen LogP contribution in [0, 0.1) is 5.92 Å². The molecule has 1 aliphatic heterocycles. The molecule has 2 N–H and O–H groups in total. The van der Waals surface area contributed by atoms with Crippen LogP contribution in [-0.2, 0) is 0 Å². The zero-order valence-electron chi connectivity index (χ0n) is 16.3. The molecule has 1 saturated heterocycles. The Morgan fingerprint density at radius 1 is 1.16 bits per heavy atom. The SMILES string of the molecule is CCCN1CCC(CNC(=NCC(C)c2ccccc2)NCC)CC1. The molecule has 1 unspecified atom stereocenters. The molecule has 0 saturated carbocycles. The summed E-state index contributed by atoms with van der Waals surface area (Å²) in [5.41, 5.74) is 1.35. The minimum Gasteiger partial charge on any atom is -0.357 e. The molecule has 0 bridgehead atoms. The van der Waals surface area contributed by atoms with E-state index in [1.54, 1.807) is 0 Å². The van der Waals surface area contributed by atoms with Crippen LogP contribution < -0.4 is 10.6 Å². The van der Waals surface area contributed by atoms with Crippen LogP contribution in [0.3, 0.4) is 0 Å². The van der Waals surface area contributed by atoms with Crippen LogP contribution in [0.5, 0.6) is 0 Å². The Kier molecular flexibility index (Phi) is 8.81. The predicted octanol–water partition coefficient (Wildman–Crippen LogP) is 3.47. The molecule has 2 rings (SSSR count). The van der Waals surface area contributed by atoms with Gasteiger partial charge in [-0.1, -0.05) is 44.2 Å². The lowest BCUT2D eigenvalue weighted by Crippen LogP contribution is -2.43. The van der Waals surface area contributed by atoms with Crippen molar-refractivity contribution in [3.05, 3.63) is 35.9 Å². The first kappa shape index (κ1) is 19.8. The van der Waals surface area contributed by atoms with E-state index in [0.29, 0.717) is 5.92 Å². The minimum atomic E-state index is 0.439. The Hall–Kier alpha value is -1.55. The average Bonchev–Trinajstić information content (AvgIpc) is 2.66. The number of nitrogens with one attached hydrogen (secondary N) is 2. The third-order valence-electron chi connectivity index (χ3n) is 5.04. The fourth-order valence-corrected chi connectivity index (χ4v) is 3.43. The lowest BCUT2D eigenvalue weighted by Gasteiger charge is -2.32. The van der Waals surface area contributed by atoms with Gasteiger partial charge in [0.15, 0.2) is 5.96 Å². The highest BCUT2D eigenvalue weighted by Gasteiger charge is 2.18. The standard InChI is InChI=1S/C21H36N4/c1-4-13-25-14-11-19(12-15-25)17-24-21(22-5-2)23-16-18(3)20-9-7-6-8-10-20/h6-10,18-19H,4-5,11-17H2,1-3H3,(H2,22,23,24). The number of rotatable bonds is 8.